The molecule has 1 N–H and O–H groups in total. The highest BCUT2D eigenvalue weighted by Gasteiger charge is 2.44. The Bertz CT molecular complexity index is 633. The van der Waals surface area contributed by atoms with Crippen LogP contribution in [-0.2, 0) is 4.79 Å². The van der Waals surface area contributed by atoms with E-state index in [2.05, 4.69) is 21.5 Å². The molecular formula is C18H23ClN4O. The van der Waals surface area contributed by atoms with E-state index in [4.69, 9.17) is 16.9 Å². The lowest BCUT2D eigenvalue weighted by molar-refractivity contribution is -0.139. The fourth-order valence-corrected chi connectivity index (χ4v) is 4.76. The number of nitrogens with one attached hydrogen (secondary N) is 1. The summed E-state index contributed by atoms with van der Waals surface area (Å²) in [7, 11) is 0. The molecule has 0 aromatic rings. The van der Waals surface area contributed by atoms with Crippen LogP contribution in [0.5, 0.6) is 0 Å². The summed E-state index contributed by atoms with van der Waals surface area (Å²) in [5.41, 5.74) is 5.10. The van der Waals surface area contributed by atoms with Crippen LogP contribution in [0, 0.1) is 23.2 Å². The zero-order valence-electron chi connectivity index (χ0n) is 13.7. The molecule has 2 fully saturated rings. The number of carbonyl (C=O) groups is 1. The standard InChI is InChI=1S/C18H23ClN4O/c19-16-7-11(9-20)1-5-15(16)18(24)23(13-2-3-13)14-4-6-17-12(8-14)10-21-22-17/h7,12-16,21H,1-6,8,10H2. The van der Waals surface area contributed by atoms with E-state index in [0.717, 1.165) is 38.6 Å². The number of fused-ring (bicyclic) bond motifs is 1. The van der Waals surface area contributed by atoms with Crippen molar-refractivity contribution < 1.29 is 4.79 Å². The van der Waals surface area contributed by atoms with Gasteiger partial charge in [-0.1, -0.05) is 6.08 Å². The van der Waals surface area contributed by atoms with Crippen molar-refractivity contribution in [3.63, 3.8) is 0 Å². The van der Waals surface area contributed by atoms with Crippen LogP contribution in [0.15, 0.2) is 16.8 Å². The number of carbonyl (C=O) groups excluding carboxylic acids is 1. The summed E-state index contributed by atoms with van der Waals surface area (Å²) in [6.07, 6.45) is 8.40. The fraction of sp³-hybridized carbons (Fsp3) is 0.722. The van der Waals surface area contributed by atoms with Crippen molar-refractivity contribution in [2.24, 2.45) is 16.9 Å². The Hall–Kier alpha value is -1.54. The second kappa shape index (κ2) is 6.40. The number of halogens is 1. The minimum atomic E-state index is -0.351. The molecular weight excluding hydrogens is 324 g/mol. The van der Waals surface area contributed by atoms with E-state index < -0.39 is 0 Å². The molecule has 1 heterocycles. The monoisotopic (exact) mass is 346 g/mol. The van der Waals surface area contributed by atoms with Gasteiger partial charge in [-0.2, -0.15) is 10.4 Å². The van der Waals surface area contributed by atoms with Crippen LogP contribution in [0.1, 0.15) is 44.9 Å². The number of hydrogen-bond acceptors (Lipinski definition) is 4. The molecule has 6 heteroatoms. The van der Waals surface area contributed by atoms with Gasteiger partial charge in [-0.25, -0.2) is 0 Å². The molecule has 0 spiro atoms. The van der Waals surface area contributed by atoms with Crippen molar-refractivity contribution in [3.05, 3.63) is 11.6 Å². The summed E-state index contributed by atoms with van der Waals surface area (Å²) in [5.74, 6) is 0.518. The van der Waals surface area contributed by atoms with E-state index in [9.17, 15) is 4.79 Å². The molecule has 0 saturated heterocycles. The molecule has 2 saturated carbocycles. The Labute approximate surface area is 147 Å². The molecule has 0 radical (unpaired) electrons. The van der Waals surface area contributed by atoms with Crippen molar-refractivity contribution in [1.29, 1.82) is 5.26 Å². The van der Waals surface area contributed by atoms with E-state index >= 15 is 0 Å². The lowest BCUT2D eigenvalue weighted by atomic mass is 9.82. The summed E-state index contributed by atoms with van der Waals surface area (Å²) in [6, 6.07) is 2.90. The van der Waals surface area contributed by atoms with Gasteiger partial charge in [0.25, 0.3) is 0 Å². The topological polar surface area (TPSA) is 68.5 Å². The number of allylic oxidation sites excluding steroid dienone is 2. The highest BCUT2D eigenvalue weighted by molar-refractivity contribution is 6.23. The van der Waals surface area contributed by atoms with Crippen molar-refractivity contribution >= 4 is 23.2 Å². The van der Waals surface area contributed by atoms with Crippen LogP contribution in [0.2, 0.25) is 0 Å². The van der Waals surface area contributed by atoms with Crippen molar-refractivity contribution in [1.82, 2.24) is 10.3 Å². The minimum Gasteiger partial charge on any atom is -0.336 e. The second-order valence-electron chi connectivity index (χ2n) is 7.46. The Kier molecular flexibility index (Phi) is 4.26. The number of nitriles is 1. The van der Waals surface area contributed by atoms with Crippen LogP contribution >= 0.6 is 11.6 Å². The molecule has 1 amide bonds. The molecule has 4 aliphatic rings. The Balaban J connectivity index is 1.49. The van der Waals surface area contributed by atoms with Crippen LogP contribution in [0.4, 0.5) is 0 Å². The Morgan fingerprint density at radius 1 is 1.29 bits per heavy atom. The highest BCUT2D eigenvalue weighted by atomic mass is 35.5. The number of hydrazone groups is 1. The Morgan fingerprint density at radius 3 is 2.83 bits per heavy atom. The number of rotatable bonds is 3. The van der Waals surface area contributed by atoms with Crippen molar-refractivity contribution in [2.75, 3.05) is 6.54 Å². The lowest BCUT2D eigenvalue weighted by Crippen LogP contribution is -2.50. The maximum Gasteiger partial charge on any atom is 0.228 e. The normalized spacial score (nSPS) is 35.2. The molecule has 4 atom stereocenters. The van der Waals surface area contributed by atoms with Gasteiger partial charge in [0.05, 0.1) is 17.4 Å². The smallest absolute Gasteiger partial charge is 0.228 e. The number of amides is 1. The molecule has 4 unspecified atom stereocenters. The largest absolute Gasteiger partial charge is 0.336 e. The maximum atomic E-state index is 13.3. The first-order valence-corrected chi connectivity index (χ1v) is 9.47. The number of alkyl halides is 1. The molecule has 0 bridgehead atoms. The van der Waals surface area contributed by atoms with E-state index in [1.54, 1.807) is 6.08 Å². The Morgan fingerprint density at radius 2 is 2.12 bits per heavy atom. The summed E-state index contributed by atoms with van der Waals surface area (Å²) < 4.78 is 0. The van der Waals surface area contributed by atoms with Gasteiger partial charge in [0.15, 0.2) is 0 Å². The van der Waals surface area contributed by atoms with E-state index in [1.165, 1.54) is 5.71 Å². The predicted molar refractivity (Wildman–Crippen MR) is 92.5 cm³/mol. The first-order valence-electron chi connectivity index (χ1n) is 9.03. The molecule has 3 aliphatic carbocycles. The van der Waals surface area contributed by atoms with E-state index in [-0.39, 0.29) is 17.2 Å². The average Bonchev–Trinajstić information content (AvgIpc) is 3.30. The minimum absolute atomic E-state index is 0.180. The van der Waals surface area contributed by atoms with Gasteiger partial charge >= 0.3 is 0 Å². The SMILES string of the molecule is N#CC1=CC(Cl)C(C(=O)N(C2CC2)C2CCC3=NNCC3C2)CC1. The van der Waals surface area contributed by atoms with Gasteiger partial charge in [0, 0.05) is 35.8 Å². The molecule has 1 aliphatic heterocycles. The number of hydrogen-bond donors (Lipinski definition) is 1. The zero-order chi connectivity index (χ0) is 16.7. The molecule has 5 nitrogen and oxygen atoms in total. The fourth-order valence-electron chi connectivity index (χ4n) is 4.38. The van der Waals surface area contributed by atoms with Crippen LogP contribution in [0.3, 0.4) is 0 Å². The third-order valence-electron chi connectivity index (χ3n) is 5.84. The summed E-state index contributed by atoms with van der Waals surface area (Å²) in [5, 5.41) is 13.1. The van der Waals surface area contributed by atoms with Gasteiger partial charge in [0.1, 0.15) is 0 Å². The van der Waals surface area contributed by atoms with Gasteiger partial charge < -0.3 is 10.3 Å². The average molecular weight is 347 g/mol. The predicted octanol–water partition coefficient (Wildman–Crippen LogP) is 2.57. The highest BCUT2D eigenvalue weighted by Crippen LogP contribution is 2.39. The van der Waals surface area contributed by atoms with E-state index in [0.29, 0.717) is 36.4 Å². The lowest BCUT2D eigenvalue weighted by Gasteiger charge is -2.39. The van der Waals surface area contributed by atoms with Gasteiger partial charge in [-0.3, -0.25) is 4.79 Å². The van der Waals surface area contributed by atoms with E-state index in [1.807, 2.05) is 0 Å². The molecule has 4 rings (SSSR count). The second-order valence-corrected chi connectivity index (χ2v) is 7.96. The van der Waals surface area contributed by atoms with Crippen molar-refractivity contribution in [3.8, 4) is 6.07 Å². The maximum absolute atomic E-state index is 13.3. The molecule has 0 aromatic heterocycles. The first-order chi connectivity index (χ1) is 11.7. The van der Waals surface area contributed by atoms with Gasteiger partial charge in [-0.05, 0) is 44.9 Å². The first kappa shape index (κ1) is 16.0. The molecule has 24 heavy (non-hydrogen) atoms. The zero-order valence-corrected chi connectivity index (χ0v) is 14.5. The molecule has 0 aromatic carbocycles. The summed E-state index contributed by atoms with van der Waals surface area (Å²) >= 11 is 6.44. The van der Waals surface area contributed by atoms with Gasteiger partial charge in [-0.15, -0.1) is 11.6 Å². The van der Waals surface area contributed by atoms with Crippen molar-refractivity contribution in [2.45, 2.75) is 62.4 Å². The summed E-state index contributed by atoms with van der Waals surface area (Å²) in [6.45, 7) is 0.911. The number of nitrogens with zero attached hydrogens (tertiary/aromatic N) is 3. The third-order valence-corrected chi connectivity index (χ3v) is 6.27. The van der Waals surface area contributed by atoms with Crippen LogP contribution in [-0.4, -0.2) is 40.5 Å². The molecule has 128 valence electrons. The summed E-state index contributed by atoms with van der Waals surface area (Å²) in [4.78, 5) is 15.4. The van der Waals surface area contributed by atoms with Crippen LogP contribution in [0.25, 0.3) is 0 Å². The quantitative estimate of drug-likeness (QED) is 0.798. The van der Waals surface area contributed by atoms with Gasteiger partial charge in [0.2, 0.25) is 5.91 Å². The van der Waals surface area contributed by atoms with Crippen LogP contribution < -0.4 is 5.43 Å². The third kappa shape index (κ3) is 2.93.